The summed E-state index contributed by atoms with van der Waals surface area (Å²) in [7, 11) is 0. The van der Waals surface area contributed by atoms with Crippen LogP contribution in [0.5, 0.6) is 0 Å². The van der Waals surface area contributed by atoms with Crippen LogP contribution in [0.3, 0.4) is 0 Å². The van der Waals surface area contributed by atoms with Crippen LogP contribution >= 0.6 is 11.6 Å². The molecular weight excluding hydrogens is 741 g/mol. The van der Waals surface area contributed by atoms with Crippen molar-refractivity contribution in [1.82, 2.24) is 19.6 Å². The van der Waals surface area contributed by atoms with E-state index in [4.69, 9.17) is 26.8 Å². The van der Waals surface area contributed by atoms with Gasteiger partial charge < -0.3 is 35.2 Å². The molecule has 2 aromatic rings. The molecule has 12 nitrogen and oxygen atoms in total. The summed E-state index contributed by atoms with van der Waals surface area (Å²) in [5.74, 6) is 0.118. The summed E-state index contributed by atoms with van der Waals surface area (Å²) in [5, 5.41) is 2.68. The standard InChI is InChI=1S/C39H50ClF3N6O6/c1-2-54-34(50)24-46-14-7-26(8-15-46)27-9-16-47(17-10-27)36(51)33(23-25-21-30(39(41,42)43)35(44)31(40)22-25)55-38(53)48-18-12-29(13-19-48)49-20-11-28-5-3-4-6-32(28)45-37(49)52/h3-6,21-22,26-27,29,33H,2,7-20,23-24,44H2,1H3,(H,45,52)/t33-/m1/s1. The summed E-state index contributed by atoms with van der Waals surface area (Å²) < 4.78 is 52.6. The highest BCUT2D eigenvalue weighted by atomic mass is 35.5. The highest BCUT2D eigenvalue weighted by Crippen LogP contribution is 2.39. The van der Waals surface area contributed by atoms with Gasteiger partial charge in [0.05, 0.1) is 29.4 Å². The Morgan fingerprint density at radius 2 is 1.56 bits per heavy atom. The quantitative estimate of drug-likeness (QED) is 0.231. The minimum Gasteiger partial charge on any atom is -0.465 e. The second-order valence-electron chi connectivity index (χ2n) is 14.9. The van der Waals surface area contributed by atoms with E-state index >= 15 is 0 Å². The molecule has 0 spiro atoms. The molecule has 3 saturated heterocycles. The summed E-state index contributed by atoms with van der Waals surface area (Å²) in [5.41, 5.74) is 5.84. The van der Waals surface area contributed by atoms with Crippen molar-refractivity contribution < 1.29 is 41.8 Å². The van der Waals surface area contributed by atoms with Gasteiger partial charge in [-0.25, -0.2) is 9.59 Å². The SMILES string of the molecule is CCOC(=O)CN1CCC(C2CCN(C(=O)[C@@H](Cc3cc(Cl)c(N)c(C(F)(F)F)c3)OC(=O)N3CCC(N4CCc5ccccc5NC4=O)CC3)CC2)CC1. The van der Waals surface area contributed by atoms with Gasteiger partial charge in [-0.2, -0.15) is 13.2 Å². The number of benzene rings is 2. The summed E-state index contributed by atoms with van der Waals surface area (Å²) in [6, 6.07) is 9.49. The Balaban J connectivity index is 1.09. The number of anilines is 2. The molecule has 0 aliphatic carbocycles. The zero-order chi connectivity index (χ0) is 39.3. The number of nitrogens with one attached hydrogen (secondary N) is 1. The first-order valence-corrected chi connectivity index (χ1v) is 19.6. The van der Waals surface area contributed by atoms with Crippen molar-refractivity contribution >= 4 is 47.0 Å². The number of amides is 4. The van der Waals surface area contributed by atoms with Crippen LogP contribution in [0, 0.1) is 11.8 Å². The van der Waals surface area contributed by atoms with Gasteiger partial charge in [0.1, 0.15) is 0 Å². The van der Waals surface area contributed by atoms with E-state index in [2.05, 4.69) is 10.2 Å². The number of nitrogens with zero attached hydrogens (tertiary/aromatic N) is 4. The Morgan fingerprint density at radius 3 is 2.22 bits per heavy atom. The largest absolute Gasteiger partial charge is 0.465 e. The topological polar surface area (TPSA) is 138 Å². The van der Waals surface area contributed by atoms with E-state index < -0.39 is 35.5 Å². The number of rotatable bonds is 9. The molecule has 2 aromatic carbocycles. The molecule has 4 aliphatic rings. The fraction of sp³-hybridized carbons (Fsp3) is 0.590. The lowest BCUT2D eigenvalue weighted by molar-refractivity contribution is -0.144. The van der Waals surface area contributed by atoms with Crippen molar-refractivity contribution in [3.63, 3.8) is 0 Å². The van der Waals surface area contributed by atoms with Gasteiger partial charge in [-0.1, -0.05) is 29.8 Å². The highest BCUT2D eigenvalue weighted by Gasteiger charge is 2.39. The molecule has 4 heterocycles. The van der Waals surface area contributed by atoms with Crippen LogP contribution in [-0.2, 0) is 38.1 Å². The Kier molecular flexibility index (Phi) is 13.0. The normalized spacial score (nSPS) is 20.0. The van der Waals surface area contributed by atoms with E-state index in [1.807, 2.05) is 24.3 Å². The van der Waals surface area contributed by atoms with Crippen LogP contribution in [0.15, 0.2) is 36.4 Å². The van der Waals surface area contributed by atoms with Gasteiger partial charge in [-0.3, -0.25) is 14.5 Å². The highest BCUT2D eigenvalue weighted by molar-refractivity contribution is 6.33. The Bertz CT molecular complexity index is 1710. The van der Waals surface area contributed by atoms with Gasteiger partial charge in [0.2, 0.25) is 0 Å². The third kappa shape index (κ3) is 9.96. The molecule has 4 amide bonds. The molecule has 3 fully saturated rings. The van der Waals surface area contributed by atoms with Crippen molar-refractivity contribution in [2.75, 3.05) is 70.0 Å². The van der Waals surface area contributed by atoms with Crippen molar-refractivity contribution in [2.45, 2.75) is 76.6 Å². The molecule has 0 saturated carbocycles. The minimum atomic E-state index is -4.78. The number of likely N-dealkylation sites (tertiary alicyclic amines) is 3. The van der Waals surface area contributed by atoms with Crippen molar-refractivity contribution in [3.8, 4) is 0 Å². The lowest BCUT2D eigenvalue weighted by Crippen LogP contribution is -2.52. The number of halogens is 4. The second-order valence-corrected chi connectivity index (χ2v) is 15.4. The molecule has 16 heteroatoms. The van der Waals surface area contributed by atoms with Gasteiger partial charge in [-0.05, 0) is 106 Å². The average molecular weight is 791 g/mol. The van der Waals surface area contributed by atoms with Crippen LogP contribution in [-0.4, -0.2) is 115 Å². The first-order valence-electron chi connectivity index (χ1n) is 19.2. The summed E-state index contributed by atoms with van der Waals surface area (Å²) >= 11 is 6.13. The van der Waals surface area contributed by atoms with Gasteiger partial charge >= 0.3 is 24.3 Å². The second kappa shape index (κ2) is 17.7. The fourth-order valence-electron chi connectivity index (χ4n) is 8.48. The minimum absolute atomic E-state index is 0.0639. The van der Waals surface area contributed by atoms with E-state index in [9.17, 15) is 32.3 Å². The van der Waals surface area contributed by atoms with E-state index in [1.165, 1.54) is 11.0 Å². The Labute approximate surface area is 324 Å². The number of fused-ring (bicyclic) bond motifs is 1. The van der Waals surface area contributed by atoms with E-state index in [1.54, 1.807) is 16.7 Å². The van der Waals surface area contributed by atoms with E-state index in [0.29, 0.717) is 57.3 Å². The number of carbonyl (C=O) groups is 4. The molecule has 4 aliphatic heterocycles. The van der Waals surface area contributed by atoms with Crippen LogP contribution < -0.4 is 11.1 Å². The van der Waals surface area contributed by atoms with Crippen LogP contribution in [0.2, 0.25) is 5.02 Å². The number of nitrogen functional groups attached to an aromatic ring is 1. The predicted octanol–water partition coefficient (Wildman–Crippen LogP) is 6.06. The Morgan fingerprint density at radius 1 is 0.927 bits per heavy atom. The number of nitrogens with two attached hydrogens (primary N) is 1. The smallest absolute Gasteiger partial charge is 0.418 e. The van der Waals surface area contributed by atoms with Crippen LogP contribution in [0.25, 0.3) is 0 Å². The fourth-order valence-corrected chi connectivity index (χ4v) is 8.72. The van der Waals surface area contributed by atoms with Crippen molar-refractivity contribution in [2.24, 2.45) is 11.8 Å². The summed E-state index contributed by atoms with van der Waals surface area (Å²) in [4.78, 5) is 59.8. The molecule has 0 aromatic heterocycles. The number of hydrogen-bond donors (Lipinski definition) is 2. The number of alkyl halides is 3. The molecule has 6 rings (SSSR count). The molecule has 3 N–H and O–H groups in total. The van der Waals surface area contributed by atoms with Gasteiger partial charge in [-0.15, -0.1) is 0 Å². The number of para-hydroxylation sites is 1. The molecule has 0 radical (unpaired) electrons. The summed E-state index contributed by atoms with van der Waals surface area (Å²) in [6.07, 6.45) is -2.21. The molecule has 1 atom stereocenters. The lowest BCUT2D eigenvalue weighted by Gasteiger charge is -2.41. The average Bonchev–Trinajstić information content (AvgIpc) is 3.33. The maximum absolute atomic E-state index is 14.1. The maximum Gasteiger partial charge on any atom is 0.418 e. The number of esters is 1. The maximum atomic E-state index is 14.1. The van der Waals surface area contributed by atoms with Crippen molar-refractivity contribution in [3.05, 3.63) is 58.1 Å². The first-order chi connectivity index (χ1) is 26.3. The third-order valence-electron chi connectivity index (χ3n) is 11.5. The molecule has 55 heavy (non-hydrogen) atoms. The molecular formula is C39H50ClF3N6O6. The number of urea groups is 1. The predicted molar refractivity (Wildman–Crippen MR) is 200 cm³/mol. The lowest BCUT2D eigenvalue weighted by atomic mass is 9.78. The zero-order valence-corrected chi connectivity index (χ0v) is 31.9. The van der Waals surface area contributed by atoms with Gasteiger partial charge in [0, 0.05) is 50.9 Å². The van der Waals surface area contributed by atoms with Crippen molar-refractivity contribution in [1.29, 1.82) is 0 Å². The third-order valence-corrected chi connectivity index (χ3v) is 11.9. The van der Waals surface area contributed by atoms with Crippen LogP contribution in [0.1, 0.15) is 62.1 Å². The number of piperidine rings is 3. The molecule has 300 valence electrons. The Hall–Kier alpha value is -4.24. The van der Waals surface area contributed by atoms with E-state index in [0.717, 1.165) is 56.1 Å². The number of hydrogen-bond acceptors (Lipinski definition) is 8. The molecule has 0 unspecified atom stereocenters. The number of carbonyl (C=O) groups excluding carboxylic acids is 4. The van der Waals surface area contributed by atoms with Gasteiger partial charge in [0.25, 0.3) is 5.91 Å². The molecule has 0 bridgehead atoms. The first kappa shape index (κ1) is 40.4. The monoisotopic (exact) mass is 790 g/mol. The van der Waals surface area contributed by atoms with E-state index in [-0.39, 0.29) is 54.7 Å². The van der Waals surface area contributed by atoms with Gasteiger partial charge in [0.15, 0.2) is 6.10 Å². The summed E-state index contributed by atoms with van der Waals surface area (Å²) in [6.45, 7) is 5.92. The zero-order valence-electron chi connectivity index (χ0n) is 31.1. The van der Waals surface area contributed by atoms with Crippen LogP contribution in [0.4, 0.5) is 34.1 Å². The number of ether oxygens (including phenoxy) is 2.